The first-order valence-corrected chi connectivity index (χ1v) is 14.8. The van der Waals surface area contributed by atoms with E-state index in [9.17, 15) is 13.2 Å². The number of rotatable bonds is 7. The van der Waals surface area contributed by atoms with Crippen LogP contribution in [-0.2, 0) is 16.6 Å². The zero-order chi connectivity index (χ0) is 26.2. The van der Waals surface area contributed by atoms with Gasteiger partial charge in [0.25, 0.3) is 5.91 Å². The van der Waals surface area contributed by atoms with Gasteiger partial charge < -0.3 is 4.42 Å². The van der Waals surface area contributed by atoms with Crippen molar-refractivity contribution in [3.8, 4) is 0 Å². The number of nitrogens with zero attached hydrogens (tertiary/aromatic N) is 3. The Balaban J connectivity index is 1.44. The molecule has 2 heterocycles. The Hall–Kier alpha value is -3.01. The summed E-state index contributed by atoms with van der Waals surface area (Å²) < 4.78 is 34.5. The standard InChI is InChI=1S/C28H31N3O4S2/c1-19-16-25-26(17-20(19)2)36-28(29-25)31(18-23-10-7-15-35-23)27(32)21-11-13-24(14-12-21)37(33,34)30(3)22-8-5-4-6-9-22/h7,10-17,22H,4-6,8-9,18H2,1-3H3. The molecule has 1 saturated carbocycles. The fourth-order valence-corrected chi connectivity index (χ4v) is 7.26. The highest BCUT2D eigenvalue weighted by Crippen LogP contribution is 2.33. The van der Waals surface area contributed by atoms with Gasteiger partial charge in [-0.25, -0.2) is 13.4 Å². The Morgan fingerprint density at radius 1 is 1.05 bits per heavy atom. The molecule has 5 rings (SSSR count). The molecule has 2 aromatic carbocycles. The molecule has 9 heteroatoms. The fraction of sp³-hybridized carbons (Fsp3) is 0.357. The molecule has 0 N–H and O–H groups in total. The SMILES string of the molecule is Cc1cc2nc(N(Cc3ccco3)C(=O)c3ccc(S(=O)(=O)N(C)C4CCCCC4)cc3)sc2cc1C. The summed E-state index contributed by atoms with van der Waals surface area (Å²) in [7, 11) is -1.98. The van der Waals surface area contributed by atoms with E-state index in [2.05, 4.69) is 13.0 Å². The number of carbonyl (C=O) groups is 1. The zero-order valence-electron chi connectivity index (χ0n) is 21.3. The van der Waals surface area contributed by atoms with Gasteiger partial charge in [0.05, 0.1) is 27.9 Å². The minimum atomic E-state index is -3.64. The maximum absolute atomic E-state index is 13.7. The van der Waals surface area contributed by atoms with E-state index in [1.54, 1.807) is 36.4 Å². The predicted octanol–water partition coefficient (Wildman–Crippen LogP) is 6.31. The molecule has 0 spiro atoms. The summed E-state index contributed by atoms with van der Waals surface area (Å²) in [5.41, 5.74) is 3.54. The second-order valence-corrected chi connectivity index (χ2v) is 12.7. The minimum absolute atomic E-state index is 0.0233. The van der Waals surface area contributed by atoms with Crippen LogP contribution < -0.4 is 4.90 Å². The van der Waals surface area contributed by atoms with Crippen molar-refractivity contribution < 1.29 is 17.6 Å². The highest BCUT2D eigenvalue weighted by atomic mass is 32.2. The molecule has 0 atom stereocenters. The predicted molar refractivity (Wildman–Crippen MR) is 147 cm³/mol. The van der Waals surface area contributed by atoms with Crippen LogP contribution in [0.4, 0.5) is 5.13 Å². The van der Waals surface area contributed by atoms with Crippen LogP contribution >= 0.6 is 11.3 Å². The van der Waals surface area contributed by atoms with Crippen molar-refractivity contribution in [2.75, 3.05) is 11.9 Å². The number of aromatic nitrogens is 1. The van der Waals surface area contributed by atoms with Gasteiger partial charge in [-0.3, -0.25) is 9.69 Å². The Morgan fingerprint density at radius 3 is 2.43 bits per heavy atom. The first-order chi connectivity index (χ1) is 17.7. The molecular weight excluding hydrogens is 506 g/mol. The Kier molecular flexibility index (Phi) is 7.20. The summed E-state index contributed by atoms with van der Waals surface area (Å²) in [6.07, 6.45) is 6.60. The van der Waals surface area contributed by atoms with E-state index in [0.29, 0.717) is 16.5 Å². The van der Waals surface area contributed by atoms with Crippen LogP contribution in [0.5, 0.6) is 0 Å². The molecule has 1 amide bonds. The van der Waals surface area contributed by atoms with Crippen LogP contribution in [0.3, 0.4) is 0 Å². The highest BCUT2D eigenvalue weighted by Gasteiger charge is 2.30. The van der Waals surface area contributed by atoms with Crippen LogP contribution in [-0.4, -0.2) is 36.7 Å². The number of amides is 1. The molecule has 2 aromatic heterocycles. The minimum Gasteiger partial charge on any atom is -0.467 e. The van der Waals surface area contributed by atoms with E-state index in [-0.39, 0.29) is 23.4 Å². The number of benzene rings is 2. The Labute approximate surface area is 221 Å². The van der Waals surface area contributed by atoms with E-state index < -0.39 is 10.0 Å². The highest BCUT2D eigenvalue weighted by molar-refractivity contribution is 7.89. The summed E-state index contributed by atoms with van der Waals surface area (Å²) in [4.78, 5) is 20.3. The zero-order valence-corrected chi connectivity index (χ0v) is 22.9. The van der Waals surface area contributed by atoms with Crippen LogP contribution in [0.15, 0.2) is 64.1 Å². The first kappa shape index (κ1) is 25.6. The van der Waals surface area contributed by atoms with E-state index in [1.807, 2.05) is 19.1 Å². The summed E-state index contributed by atoms with van der Waals surface area (Å²) >= 11 is 1.45. The average Bonchev–Trinajstić information content (AvgIpc) is 3.57. The molecule has 0 radical (unpaired) electrons. The van der Waals surface area contributed by atoms with Crippen molar-refractivity contribution in [2.24, 2.45) is 0 Å². The van der Waals surface area contributed by atoms with Gasteiger partial charge >= 0.3 is 0 Å². The van der Waals surface area contributed by atoms with Gasteiger partial charge in [-0.1, -0.05) is 30.6 Å². The lowest BCUT2D eigenvalue weighted by molar-refractivity contribution is 0.0983. The van der Waals surface area contributed by atoms with Gasteiger partial charge in [0.15, 0.2) is 5.13 Å². The topological polar surface area (TPSA) is 83.7 Å². The quantitative estimate of drug-likeness (QED) is 0.276. The summed E-state index contributed by atoms with van der Waals surface area (Å²) in [6.45, 7) is 4.32. The second kappa shape index (κ2) is 10.4. The van der Waals surface area contributed by atoms with Gasteiger partial charge in [-0.2, -0.15) is 4.31 Å². The number of sulfonamides is 1. The number of hydrogen-bond donors (Lipinski definition) is 0. The molecule has 4 aromatic rings. The molecule has 1 aliphatic carbocycles. The number of fused-ring (bicyclic) bond motifs is 1. The lowest BCUT2D eigenvalue weighted by atomic mass is 9.96. The van der Waals surface area contributed by atoms with Gasteiger partial charge in [-0.15, -0.1) is 0 Å². The molecular formula is C28H31N3O4S2. The number of hydrogen-bond acceptors (Lipinski definition) is 6. The summed E-state index contributed by atoms with van der Waals surface area (Å²) in [5.74, 6) is 0.363. The van der Waals surface area contributed by atoms with Crippen molar-refractivity contribution in [2.45, 2.75) is 63.4 Å². The maximum Gasteiger partial charge on any atom is 0.260 e. The normalized spacial score (nSPS) is 14.9. The van der Waals surface area contributed by atoms with Crippen LogP contribution in [0.25, 0.3) is 10.2 Å². The van der Waals surface area contributed by atoms with Crippen LogP contribution in [0.1, 0.15) is 59.3 Å². The van der Waals surface area contributed by atoms with Gasteiger partial charge in [0, 0.05) is 18.7 Å². The van der Waals surface area contributed by atoms with Gasteiger partial charge in [0.1, 0.15) is 5.76 Å². The number of carbonyl (C=O) groups excluding carboxylic acids is 1. The lowest BCUT2D eigenvalue weighted by Crippen LogP contribution is -2.38. The first-order valence-electron chi connectivity index (χ1n) is 12.5. The van der Waals surface area contributed by atoms with Crippen molar-refractivity contribution in [1.29, 1.82) is 0 Å². The number of anilines is 1. The molecule has 0 aliphatic heterocycles. The Bertz CT molecular complexity index is 1460. The van der Waals surface area contributed by atoms with E-state index in [1.165, 1.54) is 33.3 Å². The van der Waals surface area contributed by atoms with E-state index in [4.69, 9.17) is 9.40 Å². The average molecular weight is 538 g/mol. The third-order valence-corrected chi connectivity index (χ3v) is 10.2. The van der Waals surface area contributed by atoms with Gasteiger partial charge in [-0.05, 0) is 86.3 Å². The molecule has 7 nitrogen and oxygen atoms in total. The molecule has 1 aliphatic rings. The van der Waals surface area contributed by atoms with E-state index in [0.717, 1.165) is 47.9 Å². The molecule has 0 bridgehead atoms. The van der Waals surface area contributed by atoms with Crippen molar-refractivity contribution in [3.05, 3.63) is 77.2 Å². The molecule has 1 fully saturated rings. The molecule has 0 unspecified atom stereocenters. The largest absolute Gasteiger partial charge is 0.467 e. The van der Waals surface area contributed by atoms with Crippen LogP contribution in [0.2, 0.25) is 0 Å². The fourth-order valence-electron chi connectivity index (χ4n) is 4.80. The molecule has 194 valence electrons. The number of furan rings is 1. The van der Waals surface area contributed by atoms with E-state index >= 15 is 0 Å². The lowest BCUT2D eigenvalue weighted by Gasteiger charge is -2.30. The second-order valence-electron chi connectivity index (χ2n) is 9.71. The molecule has 37 heavy (non-hydrogen) atoms. The van der Waals surface area contributed by atoms with Crippen molar-refractivity contribution in [3.63, 3.8) is 0 Å². The smallest absolute Gasteiger partial charge is 0.260 e. The van der Waals surface area contributed by atoms with Crippen molar-refractivity contribution >= 4 is 42.6 Å². The van der Waals surface area contributed by atoms with Crippen LogP contribution in [0, 0.1) is 13.8 Å². The Morgan fingerprint density at radius 2 is 1.76 bits per heavy atom. The number of aryl methyl sites for hydroxylation is 2. The third kappa shape index (κ3) is 5.21. The summed E-state index contributed by atoms with van der Waals surface area (Å²) in [6, 6.07) is 14.0. The number of thiazole rings is 1. The van der Waals surface area contributed by atoms with Crippen molar-refractivity contribution in [1.82, 2.24) is 9.29 Å². The molecule has 0 saturated heterocycles. The maximum atomic E-state index is 13.7. The summed E-state index contributed by atoms with van der Waals surface area (Å²) in [5, 5.41) is 0.565. The monoisotopic (exact) mass is 537 g/mol. The third-order valence-electron chi connectivity index (χ3n) is 7.23. The van der Waals surface area contributed by atoms with Gasteiger partial charge in [0.2, 0.25) is 10.0 Å².